The van der Waals surface area contributed by atoms with Crippen molar-refractivity contribution in [3.05, 3.63) is 76.0 Å². The smallest absolute Gasteiger partial charge is 0.243 e. The molecule has 1 amide bonds. The second-order valence-electron chi connectivity index (χ2n) is 6.38. The number of imidazole rings is 1. The van der Waals surface area contributed by atoms with E-state index < -0.39 is 0 Å². The molecule has 5 heteroatoms. The molecule has 126 valence electrons. The number of carbonyl (C=O) groups is 1. The first-order chi connectivity index (χ1) is 12.1. The van der Waals surface area contributed by atoms with E-state index in [1.54, 1.807) is 0 Å². The number of carbonyl (C=O) groups excluding carboxylic acids is 1. The molecule has 0 aliphatic carbocycles. The summed E-state index contributed by atoms with van der Waals surface area (Å²) in [4.78, 5) is 19.1. The molecule has 1 aliphatic heterocycles. The molecule has 0 N–H and O–H groups in total. The maximum atomic E-state index is 12.7. The highest BCUT2D eigenvalue weighted by atomic mass is 79.9. The van der Waals surface area contributed by atoms with Gasteiger partial charge in [0.25, 0.3) is 0 Å². The SMILES string of the molecule is Cc1cccc(CN2Cc3cnc(-c4ccccc4Br)n3CC2=O)c1. The Hall–Kier alpha value is -2.40. The van der Waals surface area contributed by atoms with E-state index in [1.165, 1.54) is 5.56 Å². The number of hydrogen-bond acceptors (Lipinski definition) is 2. The van der Waals surface area contributed by atoms with Crippen molar-refractivity contribution in [3.63, 3.8) is 0 Å². The minimum atomic E-state index is 0.125. The molecule has 2 heterocycles. The van der Waals surface area contributed by atoms with Crippen molar-refractivity contribution < 1.29 is 4.79 Å². The Kier molecular flexibility index (Phi) is 4.17. The van der Waals surface area contributed by atoms with E-state index in [9.17, 15) is 4.79 Å². The van der Waals surface area contributed by atoms with E-state index in [0.29, 0.717) is 19.6 Å². The van der Waals surface area contributed by atoms with Crippen molar-refractivity contribution in [2.75, 3.05) is 0 Å². The van der Waals surface area contributed by atoms with Crippen LogP contribution in [0, 0.1) is 6.92 Å². The Labute approximate surface area is 155 Å². The molecule has 0 saturated heterocycles. The zero-order chi connectivity index (χ0) is 17.4. The van der Waals surface area contributed by atoms with Gasteiger partial charge in [-0.25, -0.2) is 4.98 Å². The highest BCUT2D eigenvalue weighted by Crippen LogP contribution is 2.29. The Bertz CT molecular complexity index is 948. The number of hydrogen-bond donors (Lipinski definition) is 0. The molecule has 4 rings (SSSR count). The predicted molar refractivity (Wildman–Crippen MR) is 101 cm³/mol. The topological polar surface area (TPSA) is 38.1 Å². The molecule has 1 aliphatic rings. The Morgan fingerprint density at radius 2 is 1.96 bits per heavy atom. The van der Waals surface area contributed by atoms with Crippen LogP contribution in [0.2, 0.25) is 0 Å². The maximum Gasteiger partial charge on any atom is 0.243 e. The molecule has 0 unspecified atom stereocenters. The number of benzene rings is 2. The lowest BCUT2D eigenvalue weighted by atomic mass is 10.1. The van der Waals surface area contributed by atoms with E-state index in [4.69, 9.17) is 0 Å². The Morgan fingerprint density at radius 3 is 2.76 bits per heavy atom. The number of halogens is 1. The Balaban J connectivity index is 1.62. The molecular formula is C20H18BrN3O. The van der Waals surface area contributed by atoms with Gasteiger partial charge in [0, 0.05) is 16.6 Å². The van der Waals surface area contributed by atoms with Crippen molar-refractivity contribution in [1.82, 2.24) is 14.5 Å². The lowest BCUT2D eigenvalue weighted by molar-refractivity contribution is -0.134. The zero-order valence-corrected chi connectivity index (χ0v) is 15.5. The summed E-state index contributed by atoms with van der Waals surface area (Å²) in [7, 11) is 0. The average Bonchev–Trinajstić information content (AvgIpc) is 2.98. The summed E-state index contributed by atoms with van der Waals surface area (Å²) < 4.78 is 3.01. The molecule has 0 saturated carbocycles. The van der Waals surface area contributed by atoms with E-state index in [0.717, 1.165) is 27.1 Å². The summed E-state index contributed by atoms with van der Waals surface area (Å²) in [6.07, 6.45) is 1.88. The largest absolute Gasteiger partial charge is 0.331 e. The molecule has 0 atom stereocenters. The second kappa shape index (κ2) is 6.48. The minimum absolute atomic E-state index is 0.125. The van der Waals surface area contributed by atoms with Gasteiger partial charge in [0.2, 0.25) is 5.91 Å². The van der Waals surface area contributed by atoms with Gasteiger partial charge in [-0.3, -0.25) is 4.79 Å². The van der Waals surface area contributed by atoms with Crippen LogP contribution >= 0.6 is 15.9 Å². The van der Waals surface area contributed by atoms with Gasteiger partial charge in [0.1, 0.15) is 12.4 Å². The van der Waals surface area contributed by atoms with Crippen LogP contribution in [0.4, 0.5) is 0 Å². The predicted octanol–water partition coefficient (Wildman–Crippen LogP) is 4.16. The van der Waals surface area contributed by atoms with Crippen LogP contribution in [-0.4, -0.2) is 20.4 Å². The zero-order valence-electron chi connectivity index (χ0n) is 13.9. The highest BCUT2D eigenvalue weighted by Gasteiger charge is 2.26. The summed E-state index contributed by atoms with van der Waals surface area (Å²) in [6.45, 7) is 3.62. The molecule has 1 aromatic heterocycles. The first-order valence-electron chi connectivity index (χ1n) is 8.24. The fourth-order valence-electron chi connectivity index (χ4n) is 3.27. The molecule has 0 bridgehead atoms. The third-order valence-corrected chi connectivity index (χ3v) is 5.20. The number of nitrogens with zero attached hydrogens (tertiary/aromatic N) is 3. The lowest BCUT2D eigenvalue weighted by Gasteiger charge is -2.29. The van der Waals surface area contributed by atoms with Crippen molar-refractivity contribution in [2.45, 2.75) is 26.6 Å². The first kappa shape index (κ1) is 16.1. The second-order valence-corrected chi connectivity index (χ2v) is 7.23. The van der Waals surface area contributed by atoms with Crippen molar-refractivity contribution in [2.24, 2.45) is 0 Å². The van der Waals surface area contributed by atoms with Crippen molar-refractivity contribution >= 4 is 21.8 Å². The van der Waals surface area contributed by atoms with Crippen molar-refractivity contribution in [3.8, 4) is 11.4 Å². The van der Waals surface area contributed by atoms with Gasteiger partial charge >= 0.3 is 0 Å². The van der Waals surface area contributed by atoms with Crippen LogP contribution < -0.4 is 0 Å². The minimum Gasteiger partial charge on any atom is -0.331 e. The number of fused-ring (bicyclic) bond motifs is 1. The van der Waals surface area contributed by atoms with Crippen LogP contribution in [0.3, 0.4) is 0 Å². The standard InChI is InChI=1S/C20H18BrN3O/c1-14-5-4-6-15(9-14)11-23-12-16-10-22-20(24(16)13-19(23)25)17-7-2-3-8-18(17)21/h2-10H,11-13H2,1H3. The van der Waals surface area contributed by atoms with Gasteiger partial charge in [-0.05, 0) is 18.6 Å². The van der Waals surface area contributed by atoms with Gasteiger partial charge in [0.05, 0.1) is 18.4 Å². The number of rotatable bonds is 3. The van der Waals surface area contributed by atoms with Gasteiger partial charge in [-0.1, -0.05) is 64.0 Å². The monoisotopic (exact) mass is 395 g/mol. The molecule has 2 aromatic carbocycles. The molecule has 0 fully saturated rings. The number of amides is 1. The molecule has 4 nitrogen and oxygen atoms in total. The Morgan fingerprint density at radius 1 is 1.12 bits per heavy atom. The molecule has 0 radical (unpaired) electrons. The average molecular weight is 396 g/mol. The normalized spacial score (nSPS) is 13.8. The summed E-state index contributed by atoms with van der Waals surface area (Å²) in [5.74, 6) is 0.964. The van der Waals surface area contributed by atoms with Gasteiger partial charge in [-0.2, -0.15) is 0 Å². The van der Waals surface area contributed by atoms with Crippen LogP contribution in [-0.2, 0) is 24.4 Å². The summed E-state index contributed by atoms with van der Waals surface area (Å²) >= 11 is 3.57. The van der Waals surface area contributed by atoms with Crippen LogP contribution in [0.25, 0.3) is 11.4 Å². The van der Waals surface area contributed by atoms with Gasteiger partial charge < -0.3 is 9.47 Å². The van der Waals surface area contributed by atoms with Crippen LogP contribution in [0.5, 0.6) is 0 Å². The molecular weight excluding hydrogens is 378 g/mol. The molecule has 25 heavy (non-hydrogen) atoms. The van der Waals surface area contributed by atoms with E-state index >= 15 is 0 Å². The first-order valence-corrected chi connectivity index (χ1v) is 9.04. The quantitative estimate of drug-likeness (QED) is 0.667. The fourth-order valence-corrected chi connectivity index (χ4v) is 3.73. The van der Waals surface area contributed by atoms with E-state index in [-0.39, 0.29) is 5.91 Å². The number of aromatic nitrogens is 2. The van der Waals surface area contributed by atoms with E-state index in [2.05, 4.69) is 46.0 Å². The van der Waals surface area contributed by atoms with Crippen LogP contribution in [0.15, 0.2) is 59.2 Å². The van der Waals surface area contributed by atoms with Gasteiger partial charge in [-0.15, -0.1) is 0 Å². The van der Waals surface area contributed by atoms with Gasteiger partial charge in [0.15, 0.2) is 0 Å². The lowest BCUT2D eigenvalue weighted by Crippen LogP contribution is -2.38. The van der Waals surface area contributed by atoms with E-state index in [1.807, 2.05) is 46.0 Å². The van der Waals surface area contributed by atoms with Crippen LogP contribution in [0.1, 0.15) is 16.8 Å². The summed E-state index contributed by atoms with van der Waals surface area (Å²) in [6, 6.07) is 16.3. The summed E-state index contributed by atoms with van der Waals surface area (Å²) in [5, 5.41) is 0. The fraction of sp³-hybridized carbons (Fsp3) is 0.200. The third-order valence-electron chi connectivity index (χ3n) is 4.51. The highest BCUT2D eigenvalue weighted by molar-refractivity contribution is 9.10. The summed E-state index contributed by atoms with van der Waals surface area (Å²) in [5.41, 5.74) is 4.45. The number of aryl methyl sites for hydroxylation is 1. The van der Waals surface area contributed by atoms with Crippen molar-refractivity contribution in [1.29, 1.82) is 0 Å². The molecule has 0 spiro atoms. The molecule has 3 aromatic rings. The third kappa shape index (κ3) is 3.12. The maximum absolute atomic E-state index is 12.7.